The second kappa shape index (κ2) is 6.55. The summed E-state index contributed by atoms with van der Waals surface area (Å²) in [7, 11) is 1.47. The van der Waals surface area contributed by atoms with E-state index < -0.39 is 17.4 Å². The van der Waals surface area contributed by atoms with Gasteiger partial charge in [0.1, 0.15) is 11.4 Å². The Morgan fingerprint density at radius 1 is 1.27 bits per heavy atom. The van der Waals surface area contributed by atoms with Crippen LogP contribution in [0.25, 0.3) is 5.69 Å². The normalized spacial score (nSPS) is 14.0. The third kappa shape index (κ3) is 2.98. The van der Waals surface area contributed by atoms with Gasteiger partial charge in [0.05, 0.1) is 5.69 Å². The summed E-state index contributed by atoms with van der Waals surface area (Å²) in [6.45, 7) is 2.95. The predicted molar refractivity (Wildman–Crippen MR) is 94.0 cm³/mol. The van der Waals surface area contributed by atoms with Crippen LogP contribution in [-0.2, 0) is 17.6 Å². The average Bonchev–Trinajstić information content (AvgIpc) is 3.00. The minimum absolute atomic E-state index is 0.251. The van der Waals surface area contributed by atoms with Crippen molar-refractivity contribution < 1.29 is 19.1 Å². The standard InChI is InChI=1S/C19H22FN3O3/c1-19(2,18(25)26)22(3)17(24)16-14-9-4-5-10-15(14)23(21-16)13-8-6-7-12(20)11-13/h6-8,11H,4-5,9-10H2,1-3H3,(H,25,26). The van der Waals surface area contributed by atoms with Crippen LogP contribution in [0.1, 0.15) is 48.4 Å². The van der Waals surface area contributed by atoms with Gasteiger partial charge in [-0.1, -0.05) is 6.07 Å². The molecule has 0 aliphatic heterocycles. The third-order valence-corrected chi connectivity index (χ3v) is 5.10. The van der Waals surface area contributed by atoms with Crippen molar-refractivity contribution in [3.8, 4) is 5.69 Å². The molecule has 1 amide bonds. The Balaban J connectivity index is 2.09. The van der Waals surface area contributed by atoms with E-state index in [9.17, 15) is 19.1 Å². The number of carboxylic acids is 1. The summed E-state index contributed by atoms with van der Waals surface area (Å²) in [5, 5.41) is 13.9. The van der Waals surface area contributed by atoms with Crippen LogP contribution in [0.15, 0.2) is 24.3 Å². The van der Waals surface area contributed by atoms with E-state index in [1.807, 2.05) is 0 Å². The summed E-state index contributed by atoms with van der Waals surface area (Å²) < 4.78 is 15.3. The van der Waals surface area contributed by atoms with Gasteiger partial charge in [-0.15, -0.1) is 0 Å². The van der Waals surface area contributed by atoms with Gasteiger partial charge in [0.2, 0.25) is 0 Å². The molecule has 0 saturated carbocycles. The molecule has 26 heavy (non-hydrogen) atoms. The quantitative estimate of drug-likeness (QED) is 0.911. The van der Waals surface area contributed by atoms with Gasteiger partial charge < -0.3 is 10.0 Å². The highest BCUT2D eigenvalue weighted by atomic mass is 19.1. The van der Waals surface area contributed by atoms with Crippen LogP contribution >= 0.6 is 0 Å². The summed E-state index contributed by atoms with van der Waals surface area (Å²) in [5.74, 6) is -1.91. The minimum atomic E-state index is -1.36. The Hall–Kier alpha value is -2.70. The fraction of sp³-hybridized carbons (Fsp3) is 0.421. The van der Waals surface area contributed by atoms with Crippen LogP contribution in [0.4, 0.5) is 4.39 Å². The lowest BCUT2D eigenvalue weighted by atomic mass is 9.94. The highest BCUT2D eigenvalue weighted by Crippen LogP contribution is 2.29. The number of carboxylic acid groups (broad SMARTS) is 1. The van der Waals surface area contributed by atoms with Crippen molar-refractivity contribution >= 4 is 11.9 Å². The van der Waals surface area contributed by atoms with E-state index in [1.165, 1.54) is 37.9 Å². The Morgan fingerprint density at radius 2 is 1.96 bits per heavy atom. The second-order valence-corrected chi connectivity index (χ2v) is 7.10. The van der Waals surface area contributed by atoms with E-state index in [1.54, 1.807) is 16.8 Å². The van der Waals surface area contributed by atoms with Crippen LogP contribution in [0.2, 0.25) is 0 Å². The fourth-order valence-electron chi connectivity index (χ4n) is 3.15. The molecule has 0 bridgehead atoms. The maximum atomic E-state index is 13.6. The van der Waals surface area contributed by atoms with Crippen molar-refractivity contribution in [2.24, 2.45) is 0 Å². The highest BCUT2D eigenvalue weighted by Gasteiger charge is 2.38. The van der Waals surface area contributed by atoms with Crippen molar-refractivity contribution in [3.05, 3.63) is 47.0 Å². The zero-order valence-electron chi connectivity index (χ0n) is 15.1. The molecule has 0 unspecified atom stereocenters. The number of hydrogen-bond acceptors (Lipinski definition) is 3. The summed E-state index contributed by atoms with van der Waals surface area (Å²) in [6.07, 6.45) is 3.36. The average molecular weight is 359 g/mol. The first-order valence-electron chi connectivity index (χ1n) is 8.61. The molecular weight excluding hydrogens is 337 g/mol. The van der Waals surface area contributed by atoms with Gasteiger partial charge in [0.15, 0.2) is 5.69 Å². The number of amides is 1. The van der Waals surface area contributed by atoms with E-state index in [-0.39, 0.29) is 11.5 Å². The summed E-state index contributed by atoms with van der Waals surface area (Å²) >= 11 is 0. The third-order valence-electron chi connectivity index (χ3n) is 5.10. The molecule has 1 N–H and O–H groups in total. The van der Waals surface area contributed by atoms with Gasteiger partial charge in [0.25, 0.3) is 5.91 Å². The number of rotatable bonds is 4. The van der Waals surface area contributed by atoms with Crippen LogP contribution in [0.5, 0.6) is 0 Å². The number of nitrogens with zero attached hydrogens (tertiary/aromatic N) is 3. The van der Waals surface area contributed by atoms with Crippen molar-refractivity contribution in [1.29, 1.82) is 0 Å². The molecule has 0 fully saturated rings. The fourth-order valence-corrected chi connectivity index (χ4v) is 3.15. The van der Waals surface area contributed by atoms with Crippen molar-refractivity contribution in [2.75, 3.05) is 7.05 Å². The first kappa shape index (κ1) is 18.1. The maximum Gasteiger partial charge on any atom is 0.329 e. The molecule has 1 aliphatic rings. The molecule has 1 aromatic carbocycles. The first-order valence-corrected chi connectivity index (χ1v) is 8.61. The predicted octanol–water partition coefficient (Wildman–Crippen LogP) is 2.83. The van der Waals surface area contributed by atoms with Crippen LogP contribution < -0.4 is 0 Å². The molecule has 1 heterocycles. The Bertz CT molecular complexity index is 873. The Morgan fingerprint density at radius 3 is 2.62 bits per heavy atom. The Labute approximate surface area is 151 Å². The zero-order chi connectivity index (χ0) is 19.1. The number of carbonyl (C=O) groups excluding carboxylic acids is 1. The van der Waals surface area contributed by atoms with Crippen LogP contribution in [-0.4, -0.2) is 44.3 Å². The van der Waals surface area contributed by atoms with E-state index in [4.69, 9.17) is 0 Å². The van der Waals surface area contributed by atoms with Crippen LogP contribution in [0, 0.1) is 5.82 Å². The van der Waals surface area contributed by atoms with Gasteiger partial charge in [-0.2, -0.15) is 5.10 Å². The topological polar surface area (TPSA) is 75.4 Å². The number of hydrogen-bond donors (Lipinski definition) is 1. The van der Waals surface area contributed by atoms with Gasteiger partial charge in [-0.25, -0.2) is 13.9 Å². The lowest BCUT2D eigenvalue weighted by Crippen LogP contribution is -2.51. The SMILES string of the molecule is CN(C(=O)c1nn(-c2cccc(F)c2)c2c1CCCC2)C(C)(C)C(=O)O. The molecule has 138 valence electrons. The number of fused-ring (bicyclic) bond motifs is 1. The summed E-state index contributed by atoms with van der Waals surface area (Å²) in [5.41, 5.74) is 1.18. The molecule has 1 aromatic heterocycles. The summed E-state index contributed by atoms with van der Waals surface area (Å²) in [4.78, 5) is 25.7. The molecule has 6 nitrogen and oxygen atoms in total. The number of benzene rings is 1. The van der Waals surface area contributed by atoms with Crippen molar-refractivity contribution in [2.45, 2.75) is 45.1 Å². The lowest BCUT2D eigenvalue weighted by Gasteiger charge is -2.31. The molecule has 0 radical (unpaired) electrons. The molecule has 0 atom stereocenters. The van der Waals surface area contributed by atoms with E-state index >= 15 is 0 Å². The van der Waals surface area contributed by atoms with E-state index in [2.05, 4.69) is 5.10 Å². The monoisotopic (exact) mass is 359 g/mol. The van der Waals surface area contributed by atoms with Gasteiger partial charge in [-0.3, -0.25) is 4.79 Å². The number of halogens is 1. The largest absolute Gasteiger partial charge is 0.480 e. The molecule has 1 aliphatic carbocycles. The zero-order valence-corrected chi connectivity index (χ0v) is 15.1. The van der Waals surface area contributed by atoms with Crippen LogP contribution in [0.3, 0.4) is 0 Å². The minimum Gasteiger partial charge on any atom is -0.480 e. The van der Waals surface area contributed by atoms with Crippen molar-refractivity contribution in [1.82, 2.24) is 14.7 Å². The molecule has 7 heteroatoms. The highest BCUT2D eigenvalue weighted by molar-refractivity contribution is 5.97. The second-order valence-electron chi connectivity index (χ2n) is 7.10. The summed E-state index contributed by atoms with van der Waals surface area (Å²) in [6, 6.07) is 6.07. The smallest absolute Gasteiger partial charge is 0.329 e. The van der Waals surface area contributed by atoms with Crippen molar-refractivity contribution in [3.63, 3.8) is 0 Å². The number of aliphatic carboxylic acids is 1. The molecule has 3 rings (SSSR count). The van der Waals surface area contributed by atoms with E-state index in [0.29, 0.717) is 12.1 Å². The maximum absolute atomic E-state index is 13.6. The molecule has 0 spiro atoms. The molecule has 0 saturated heterocycles. The Kier molecular flexibility index (Phi) is 4.56. The number of carbonyl (C=O) groups is 2. The molecule has 2 aromatic rings. The molecular formula is C19H22FN3O3. The van der Waals surface area contributed by atoms with Gasteiger partial charge >= 0.3 is 5.97 Å². The van der Waals surface area contributed by atoms with Gasteiger partial charge in [0, 0.05) is 18.3 Å². The first-order chi connectivity index (χ1) is 12.2. The van der Waals surface area contributed by atoms with Gasteiger partial charge in [-0.05, 0) is 57.7 Å². The number of likely N-dealkylation sites (N-methyl/N-ethyl adjacent to an activating group) is 1. The van der Waals surface area contributed by atoms with E-state index in [0.717, 1.165) is 30.5 Å². The lowest BCUT2D eigenvalue weighted by molar-refractivity contribution is -0.147. The number of aromatic nitrogens is 2.